The van der Waals surface area contributed by atoms with E-state index in [-0.39, 0.29) is 11.7 Å². The number of fused-ring (bicyclic) bond motifs is 2. The molecule has 1 unspecified atom stereocenters. The number of hydrogen-bond donors (Lipinski definition) is 0. The van der Waals surface area contributed by atoms with E-state index in [4.69, 9.17) is 0 Å². The average Bonchev–Trinajstić information content (AvgIpc) is 2.66. The number of anilines is 1. The van der Waals surface area contributed by atoms with Crippen molar-refractivity contribution < 1.29 is 9.59 Å². The van der Waals surface area contributed by atoms with Crippen molar-refractivity contribution >= 4 is 17.4 Å². The van der Waals surface area contributed by atoms with Gasteiger partial charge in [-0.25, -0.2) is 0 Å². The fourth-order valence-corrected chi connectivity index (χ4v) is 3.67. The maximum atomic E-state index is 13.0. The van der Waals surface area contributed by atoms with Gasteiger partial charge in [0.1, 0.15) is 5.41 Å². The molecule has 1 fully saturated rings. The Morgan fingerprint density at radius 3 is 2.75 bits per heavy atom. The molecule has 1 saturated carbocycles. The zero-order valence-electron chi connectivity index (χ0n) is 12.2. The average molecular weight is 271 g/mol. The van der Waals surface area contributed by atoms with Gasteiger partial charge in [0.15, 0.2) is 5.78 Å². The highest BCUT2D eigenvalue weighted by atomic mass is 16.2. The molecular weight excluding hydrogens is 250 g/mol. The highest BCUT2D eigenvalue weighted by Gasteiger charge is 2.55. The smallest absolute Gasteiger partial charge is 0.245 e. The molecule has 1 spiro atoms. The van der Waals surface area contributed by atoms with Crippen LogP contribution in [0.2, 0.25) is 0 Å². The summed E-state index contributed by atoms with van der Waals surface area (Å²) < 4.78 is 0. The molecule has 1 heterocycles. The van der Waals surface area contributed by atoms with E-state index in [1.54, 1.807) is 0 Å². The van der Waals surface area contributed by atoms with E-state index in [0.717, 1.165) is 36.1 Å². The van der Waals surface area contributed by atoms with Gasteiger partial charge in [0.05, 0.1) is 0 Å². The normalized spacial score (nSPS) is 25.4. The number of hydrogen-bond acceptors (Lipinski definition) is 2. The number of rotatable bonds is 2. The van der Waals surface area contributed by atoms with Crippen LogP contribution in [0.4, 0.5) is 5.69 Å². The van der Waals surface area contributed by atoms with Crippen LogP contribution in [0, 0.1) is 6.92 Å². The van der Waals surface area contributed by atoms with Crippen molar-refractivity contribution in [2.45, 2.75) is 51.4 Å². The molecule has 1 amide bonds. The van der Waals surface area contributed by atoms with Crippen molar-refractivity contribution in [2.24, 2.45) is 0 Å². The van der Waals surface area contributed by atoms with Crippen LogP contribution >= 0.6 is 0 Å². The molecule has 0 aromatic heterocycles. The lowest BCUT2D eigenvalue weighted by Gasteiger charge is -2.31. The number of benzene rings is 1. The third-order valence-electron chi connectivity index (χ3n) is 4.64. The maximum absolute atomic E-state index is 13.0. The first-order valence-corrected chi connectivity index (χ1v) is 7.57. The third kappa shape index (κ3) is 1.65. The van der Waals surface area contributed by atoms with Gasteiger partial charge in [-0.2, -0.15) is 0 Å². The predicted molar refractivity (Wildman–Crippen MR) is 79.0 cm³/mol. The Morgan fingerprint density at radius 2 is 2.05 bits per heavy atom. The quantitative estimate of drug-likeness (QED) is 0.775. The number of nitrogens with zero attached hydrogens (tertiary/aromatic N) is 1. The zero-order chi connectivity index (χ0) is 14.3. The lowest BCUT2D eigenvalue weighted by molar-refractivity contribution is -0.136. The van der Waals surface area contributed by atoms with E-state index in [1.807, 2.05) is 30.0 Å². The lowest BCUT2D eigenvalue weighted by Crippen LogP contribution is -2.48. The molecule has 3 rings (SSSR count). The van der Waals surface area contributed by atoms with Crippen LogP contribution in [-0.2, 0) is 15.0 Å². The van der Waals surface area contributed by atoms with Gasteiger partial charge in [-0.1, -0.05) is 31.0 Å². The van der Waals surface area contributed by atoms with Crippen LogP contribution in [0.25, 0.3) is 0 Å². The fourth-order valence-electron chi connectivity index (χ4n) is 3.67. The summed E-state index contributed by atoms with van der Waals surface area (Å²) >= 11 is 0. The second-order valence-electron chi connectivity index (χ2n) is 6.01. The minimum Gasteiger partial charge on any atom is -0.311 e. The summed E-state index contributed by atoms with van der Waals surface area (Å²) in [5, 5.41) is 0. The minimum absolute atomic E-state index is 0.0182. The number of aryl methyl sites for hydroxylation is 1. The Balaban J connectivity index is 2.19. The Labute approximate surface area is 120 Å². The molecule has 1 aromatic rings. The van der Waals surface area contributed by atoms with Crippen LogP contribution in [0.5, 0.6) is 0 Å². The summed E-state index contributed by atoms with van der Waals surface area (Å²) in [6.07, 6.45) is 4.01. The van der Waals surface area contributed by atoms with E-state index in [0.29, 0.717) is 19.4 Å². The van der Waals surface area contributed by atoms with Crippen LogP contribution in [0.15, 0.2) is 18.2 Å². The molecule has 1 atom stereocenters. The topological polar surface area (TPSA) is 37.4 Å². The van der Waals surface area contributed by atoms with Crippen molar-refractivity contribution in [3.63, 3.8) is 0 Å². The van der Waals surface area contributed by atoms with Gasteiger partial charge in [-0.05, 0) is 37.8 Å². The van der Waals surface area contributed by atoms with Crippen molar-refractivity contribution in [3.8, 4) is 0 Å². The molecule has 0 radical (unpaired) electrons. The van der Waals surface area contributed by atoms with Gasteiger partial charge >= 0.3 is 0 Å². The molecule has 2 aliphatic rings. The Hall–Kier alpha value is -1.64. The molecule has 1 aromatic carbocycles. The lowest BCUT2D eigenvalue weighted by atomic mass is 9.69. The molecular formula is C17H21NO2. The molecule has 0 saturated heterocycles. The van der Waals surface area contributed by atoms with Crippen molar-refractivity contribution in [3.05, 3.63) is 29.3 Å². The largest absolute Gasteiger partial charge is 0.311 e. The zero-order valence-corrected chi connectivity index (χ0v) is 12.2. The molecule has 3 heteroatoms. The van der Waals surface area contributed by atoms with E-state index < -0.39 is 5.41 Å². The molecule has 1 aliphatic heterocycles. The van der Waals surface area contributed by atoms with Gasteiger partial charge < -0.3 is 4.90 Å². The molecule has 20 heavy (non-hydrogen) atoms. The van der Waals surface area contributed by atoms with Gasteiger partial charge in [0, 0.05) is 18.7 Å². The summed E-state index contributed by atoms with van der Waals surface area (Å²) in [5.74, 6) is 0.142. The van der Waals surface area contributed by atoms with Crippen molar-refractivity contribution in [1.82, 2.24) is 0 Å². The number of Topliss-reactive ketones (excluding diaryl/α,β-unsaturated/α-hetero) is 1. The first kappa shape index (κ1) is 13.3. The number of ketones is 1. The monoisotopic (exact) mass is 271 g/mol. The van der Waals surface area contributed by atoms with E-state index >= 15 is 0 Å². The first-order chi connectivity index (χ1) is 9.61. The standard InChI is InChI=1S/C17H21NO2/c1-3-10-18-14-8-7-12(2)11-13(14)17(16(18)20)9-5-4-6-15(17)19/h7-8,11H,3-6,9-10H2,1-2H3. The highest BCUT2D eigenvalue weighted by molar-refractivity contribution is 6.22. The number of carbonyl (C=O) groups is 2. The van der Waals surface area contributed by atoms with Gasteiger partial charge in [0.2, 0.25) is 5.91 Å². The van der Waals surface area contributed by atoms with Gasteiger partial charge in [0.25, 0.3) is 0 Å². The Bertz CT molecular complexity index is 578. The Morgan fingerprint density at radius 1 is 1.25 bits per heavy atom. The van der Waals surface area contributed by atoms with E-state index in [1.165, 1.54) is 0 Å². The molecule has 0 N–H and O–H groups in total. The van der Waals surface area contributed by atoms with Crippen molar-refractivity contribution in [1.29, 1.82) is 0 Å². The summed E-state index contributed by atoms with van der Waals surface area (Å²) in [4.78, 5) is 27.4. The van der Waals surface area contributed by atoms with E-state index in [9.17, 15) is 9.59 Å². The molecule has 0 bridgehead atoms. The van der Waals surface area contributed by atoms with Gasteiger partial charge in [-0.3, -0.25) is 9.59 Å². The molecule has 106 valence electrons. The van der Waals surface area contributed by atoms with Crippen LogP contribution in [0.1, 0.15) is 50.2 Å². The number of amides is 1. The number of carbonyl (C=O) groups excluding carboxylic acids is 2. The summed E-state index contributed by atoms with van der Waals surface area (Å²) in [6.45, 7) is 4.78. The summed E-state index contributed by atoms with van der Waals surface area (Å²) in [7, 11) is 0. The fraction of sp³-hybridized carbons (Fsp3) is 0.529. The molecule has 3 nitrogen and oxygen atoms in total. The van der Waals surface area contributed by atoms with Gasteiger partial charge in [-0.15, -0.1) is 0 Å². The Kier molecular flexibility index (Phi) is 3.15. The minimum atomic E-state index is -0.866. The maximum Gasteiger partial charge on any atom is 0.245 e. The summed E-state index contributed by atoms with van der Waals surface area (Å²) in [5.41, 5.74) is 2.17. The second kappa shape index (κ2) is 4.72. The van der Waals surface area contributed by atoms with Crippen LogP contribution < -0.4 is 4.90 Å². The van der Waals surface area contributed by atoms with Crippen LogP contribution in [0.3, 0.4) is 0 Å². The van der Waals surface area contributed by atoms with Crippen molar-refractivity contribution in [2.75, 3.05) is 11.4 Å². The van der Waals surface area contributed by atoms with Crippen LogP contribution in [-0.4, -0.2) is 18.2 Å². The highest BCUT2D eigenvalue weighted by Crippen LogP contribution is 2.48. The molecule has 1 aliphatic carbocycles. The predicted octanol–water partition coefficient (Wildman–Crippen LogP) is 3.13. The summed E-state index contributed by atoms with van der Waals surface area (Å²) in [6, 6.07) is 6.09. The third-order valence-corrected chi connectivity index (χ3v) is 4.64. The van der Waals surface area contributed by atoms with E-state index in [2.05, 4.69) is 6.92 Å². The second-order valence-corrected chi connectivity index (χ2v) is 6.01. The SMILES string of the molecule is CCCN1C(=O)C2(CCCCC2=O)c2cc(C)ccc21. The first-order valence-electron chi connectivity index (χ1n) is 7.57.